The van der Waals surface area contributed by atoms with Crippen LogP contribution in [0.3, 0.4) is 0 Å². The fraction of sp³-hybridized carbons (Fsp3) is 0.533. The molecule has 5 heteroatoms. The van der Waals surface area contributed by atoms with Crippen LogP contribution in [0, 0.1) is 0 Å². The number of halogens is 1. The molecule has 4 nitrogen and oxygen atoms in total. The van der Waals surface area contributed by atoms with E-state index in [-0.39, 0.29) is 11.9 Å². The fourth-order valence-electron chi connectivity index (χ4n) is 2.36. The molecule has 1 N–H and O–H groups in total. The minimum atomic E-state index is 0.165. The molecule has 110 valence electrons. The van der Waals surface area contributed by atoms with Gasteiger partial charge in [-0.2, -0.15) is 0 Å². The zero-order chi connectivity index (χ0) is 14.5. The van der Waals surface area contributed by atoms with Gasteiger partial charge in [-0.15, -0.1) is 0 Å². The predicted molar refractivity (Wildman–Crippen MR) is 82.9 cm³/mol. The van der Waals surface area contributed by atoms with Crippen molar-refractivity contribution in [1.29, 1.82) is 0 Å². The van der Waals surface area contributed by atoms with E-state index in [9.17, 15) is 4.79 Å². The molecular formula is C15H21BrN2O2. The Kier molecular flexibility index (Phi) is 5.43. The number of nitrogens with one attached hydrogen (secondary N) is 1. The second-order valence-corrected chi connectivity index (χ2v) is 5.95. The summed E-state index contributed by atoms with van der Waals surface area (Å²) in [4.78, 5) is 14.2. The van der Waals surface area contributed by atoms with E-state index in [1.807, 2.05) is 29.2 Å². The van der Waals surface area contributed by atoms with Crippen molar-refractivity contribution in [3.63, 3.8) is 0 Å². The lowest BCUT2D eigenvalue weighted by Gasteiger charge is -2.38. The van der Waals surface area contributed by atoms with Crippen LogP contribution in [-0.4, -0.2) is 42.6 Å². The van der Waals surface area contributed by atoms with Crippen molar-refractivity contribution in [2.45, 2.75) is 32.4 Å². The molecule has 1 aromatic rings. The Labute approximate surface area is 128 Å². The van der Waals surface area contributed by atoms with E-state index >= 15 is 0 Å². The fourth-order valence-corrected chi connectivity index (χ4v) is 2.76. The van der Waals surface area contributed by atoms with E-state index < -0.39 is 0 Å². The van der Waals surface area contributed by atoms with Crippen LogP contribution in [0.1, 0.15) is 20.3 Å². The molecule has 2 rings (SSSR count). The summed E-state index contributed by atoms with van der Waals surface area (Å²) < 4.78 is 6.56. The predicted octanol–water partition coefficient (Wildman–Crippen LogP) is 2.43. The molecule has 2 unspecified atom stereocenters. The lowest BCUT2D eigenvalue weighted by atomic mass is 10.1. The Morgan fingerprint density at radius 2 is 2.20 bits per heavy atom. The van der Waals surface area contributed by atoms with Gasteiger partial charge in [-0.05, 0) is 41.9 Å². The molecule has 0 aromatic heterocycles. The summed E-state index contributed by atoms with van der Waals surface area (Å²) in [6.45, 7) is 6.25. The second kappa shape index (κ2) is 7.09. The number of piperazine rings is 1. The first-order chi connectivity index (χ1) is 9.59. The van der Waals surface area contributed by atoms with Crippen LogP contribution in [0.15, 0.2) is 28.7 Å². The summed E-state index contributed by atoms with van der Waals surface area (Å²) in [5.74, 6) is 0.944. The van der Waals surface area contributed by atoms with Gasteiger partial charge < -0.3 is 15.0 Å². The number of rotatable bonds is 4. The summed E-state index contributed by atoms with van der Waals surface area (Å²) in [5.41, 5.74) is 0. The van der Waals surface area contributed by atoms with Gasteiger partial charge in [-0.3, -0.25) is 4.79 Å². The number of carbonyl (C=O) groups excluding carboxylic acids is 1. The number of hydrogen-bond donors (Lipinski definition) is 1. The Hall–Kier alpha value is -1.07. The van der Waals surface area contributed by atoms with Crippen molar-refractivity contribution in [1.82, 2.24) is 10.2 Å². The first-order valence-corrected chi connectivity index (χ1v) is 7.79. The van der Waals surface area contributed by atoms with Gasteiger partial charge in [0.2, 0.25) is 5.91 Å². The number of para-hydroxylation sites is 1. The third-order valence-electron chi connectivity index (χ3n) is 3.76. The van der Waals surface area contributed by atoms with Gasteiger partial charge in [0, 0.05) is 25.2 Å². The van der Waals surface area contributed by atoms with Gasteiger partial charge in [0.15, 0.2) is 0 Å². The van der Waals surface area contributed by atoms with Crippen LogP contribution in [0.4, 0.5) is 0 Å². The molecule has 0 aliphatic carbocycles. The monoisotopic (exact) mass is 340 g/mol. The van der Waals surface area contributed by atoms with E-state index in [1.54, 1.807) is 0 Å². The van der Waals surface area contributed by atoms with E-state index in [1.165, 1.54) is 0 Å². The van der Waals surface area contributed by atoms with Crippen molar-refractivity contribution in [2.24, 2.45) is 0 Å². The summed E-state index contributed by atoms with van der Waals surface area (Å²) >= 11 is 3.43. The molecular weight excluding hydrogens is 320 g/mol. The second-order valence-electron chi connectivity index (χ2n) is 5.10. The van der Waals surface area contributed by atoms with Gasteiger partial charge in [0.05, 0.1) is 17.5 Å². The van der Waals surface area contributed by atoms with Crippen molar-refractivity contribution in [2.75, 3.05) is 19.7 Å². The minimum absolute atomic E-state index is 0.165. The van der Waals surface area contributed by atoms with E-state index in [2.05, 4.69) is 35.1 Å². The lowest BCUT2D eigenvalue weighted by Crippen LogP contribution is -2.57. The van der Waals surface area contributed by atoms with Crippen molar-refractivity contribution in [3.8, 4) is 5.75 Å². The highest BCUT2D eigenvalue weighted by atomic mass is 79.9. The standard InChI is InChI=1S/C15H21BrN2O2/c1-11-12(2)18(9-8-17-11)15(19)7-10-20-14-6-4-3-5-13(14)16/h3-6,11-12,17H,7-10H2,1-2H3. The molecule has 1 heterocycles. The molecule has 0 radical (unpaired) electrons. The zero-order valence-corrected chi connectivity index (χ0v) is 13.5. The molecule has 1 aliphatic rings. The van der Waals surface area contributed by atoms with Crippen LogP contribution in [0.2, 0.25) is 0 Å². The summed E-state index contributed by atoms with van der Waals surface area (Å²) in [6.07, 6.45) is 0.415. The van der Waals surface area contributed by atoms with Crippen LogP contribution in [0.5, 0.6) is 5.75 Å². The molecule has 0 bridgehead atoms. The highest BCUT2D eigenvalue weighted by molar-refractivity contribution is 9.10. The first-order valence-electron chi connectivity index (χ1n) is 7.00. The molecule has 2 atom stereocenters. The topological polar surface area (TPSA) is 41.6 Å². The maximum Gasteiger partial charge on any atom is 0.226 e. The van der Waals surface area contributed by atoms with Gasteiger partial charge in [0.1, 0.15) is 5.75 Å². The molecule has 20 heavy (non-hydrogen) atoms. The summed E-state index contributed by atoms with van der Waals surface area (Å²) in [7, 11) is 0. The first kappa shape index (κ1) is 15.3. The number of ether oxygens (including phenoxy) is 1. The molecule has 1 fully saturated rings. The average molecular weight is 341 g/mol. The van der Waals surface area contributed by atoms with E-state index in [0.717, 1.165) is 23.3 Å². The minimum Gasteiger partial charge on any atom is -0.492 e. The van der Waals surface area contributed by atoms with E-state index in [4.69, 9.17) is 4.74 Å². The molecule has 0 spiro atoms. The zero-order valence-electron chi connectivity index (χ0n) is 11.9. The Morgan fingerprint density at radius 1 is 1.45 bits per heavy atom. The maximum atomic E-state index is 12.2. The molecule has 0 saturated carbocycles. The van der Waals surface area contributed by atoms with Crippen LogP contribution in [-0.2, 0) is 4.79 Å². The van der Waals surface area contributed by atoms with Gasteiger partial charge in [-0.25, -0.2) is 0 Å². The maximum absolute atomic E-state index is 12.2. The number of benzene rings is 1. The SMILES string of the molecule is CC1NCCN(C(=O)CCOc2ccccc2Br)C1C. The largest absolute Gasteiger partial charge is 0.492 e. The van der Waals surface area contributed by atoms with Crippen molar-refractivity contribution >= 4 is 21.8 Å². The molecule has 1 aromatic carbocycles. The number of hydrogen-bond acceptors (Lipinski definition) is 3. The third kappa shape index (κ3) is 3.73. The summed E-state index contributed by atoms with van der Waals surface area (Å²) in [5, 5.41) is 3.37. The van der Waals surface area contributed by atoms with Gasteiger partial charge in [-0.1, -0.05) is 12.1 Å². The third-order valence-corrected chi connectivity index (χ3v) is 4.42. The number of nitrogens with zero attached hydrogens (tertiary/aromatic N) is 1. The van der Waals surface area contributed by atoms with Gasteiger partial charge in [0.25, 0.3) is 0 Å². The Balaban J connectivity index is 1.82. The highest BCUT2D eigenvalue weighted by Crippen LogP contribution is 2.23. The number of carbonyl (C=O) groups is 1. The Morgan fingerprint density at radius 3 is 2.95 bits per heavy atom. The van der Waals surface area contributed by atoms with Crippen LogP contribution in [0.25, 0.3) is 0 Å². The molecule has 1 saturated heterocycles. The van der Waals surface area contributed by atoms with E-state index in [0.29, 0.717) is 19.1 Å². The van der Waals surface area contributed by atoms with Crippen molar-refractivity contribution < 1.29 is 9.53 Å². The highest BCUT2D eigenvalue weighted by Gasteiger charge is 2.27. The lowest BCUT2D eigenvalue weighted by molar-refractivity contribution is -0.135. The normalized spacial score (nSPS) is 22.6. The molecule has 1 amide bonds. The van der Waals surface area contributed by atoms with Crippen molar-refractivity contribution in [3.05, 3.63) is 28.7 Å². The quantitative estimate of drug-likeness (QED) is 0.915. The average Bonchev–Trinajstić information content (AvgIpc) is 2.44. The Bertz CT molecular complexity index is 467. The van der Waals surface area contributed by atoms with Crippen LogP contribution >= 0.6 is 15.9 Å². The van der Waals surface area contributed by atoms with Crippen LogP contribution < -0.4 is 10.1 Å². The smallest absolute Gasteiger partial charge is 0.226 e. The van der Waals surface area contributed by atoms with Gasteiger partial charge >= 0.3 is 0 Å². The molecule has 1 aliphatic heterocycles. The number of amides is 1. The summed E-state index contributed by atoms with van der Waals surface area (Å²) in [6, 6.07) is 8.26.